The molecule has 0 bridgehead atoms. The van der Waals surface area contributed by atoms with Gasteiger partial charge in [0, 0.05) is 24.9 Å². The molecule has 0 unspecified atom stereocenters. The van der Waals surface area contributed by atoms with E-state index in [2.05, 4.69) is 22.2 Å². The summed E-state index contributed by atoms with van der Waals surface area (Å²) in [6.45, 7) is 6.47. The van der Waals surface area contributed by atoms with E-state index in [4.69, 9.17) is 9.47 Å². The van der Waals surface area contributed by atoms with Gasteiger partial charge in [-0.15, -0.1) is 11.3 Å². The molecule has 0 saturated carbocycles. The second kappa shape index (κ2) is 4.65. The first-order chi connectivity index (χ1) is 8.30. The summed E-state index contributed by atoms with van der Waals surface area (Å²) in [4.78, 5) is 6.98. The van der Waals surface area contributed by atoms with Crippen molar-refractivity contribution in [2.75, 3.05) is 26.3 Å². The Morgan fingerprint density at radius 2 is 2.29 bits per heavy atom. The Morgan fingerprint density at radius 3 is 3.00 bits per heavy atom. The van der Waals surface area contributed by atoms with Gasteiger partial charge in [0.25, 0.3) is 0 Å². The third-order valence-electron chi connectivity index (χ3n) is 3.37. The first-order valence-corrected chi connectivity index (χ1v) is 7.11. The van der Waals surface area contributed by atoms with E-state index in [1.807, 2.05) is 0 Å². The van der Waals surface area contributed by atoms with Crippen molar-refractivity contribution in [3.05, 3.63) is 16.1 Å². The van der Waals surface area contributed by atoms with E-state index in [0.29, 0.717) is 0 Å². The molecule has 2 aliphatic heterocycles. The molecule has 2 aliphatic rings. The van der Waals surface area contributed by atoms with E-state index in [0.717, 1.165) is 45.7 Å². The minimum atomic E-state index is -0.302. The van der Waals surface area contributed by atoms with Crippen LogP contribution in [0.2, 0.25) is 0 Å². The van der Waals surface area contributed by atoms with Crippen LogP contribution in [0, 0.1) is 0 Å². The van der Waals surface area contributed by atoms with Crippen molar-refractivity contribution in [2.24, 2.45) is 0 Å². The second-order valence-electron chi connectivity index (χ2n) is 4.65. The summed E-state index contributed by atoms with van der Waals surface area (Å²) < 4.78 is 11.4. The van der Waals surface area contributed by atoms with Gasteiger partial charge in [-0.1, -0.05) is 6.92 Å². The van der Waals surface area contributed by atoms with E-state index in [1.54, 1.807) is 11.3 Å². The van der Waals surface area contributed by atoms with Crippen molar-refractivity contribution >= 4 is 11.3 Å². The molecule has 3 heterocycles. The SMILES string of the molecule is CCc1nc(CN2CCC3(C2)OCCO3)cs1. The number of aromatic nitrogens is 1. The first kappa shape index (κ1) is 11.6. The number of hydrogen-bond donors (Lipinski definition) is 0. The van der Waals surface area contributed by atoms with Crippen molar-refractivity contribution in [1.82, 2.24) is 9.88 Å². The van der Waals surface area contributed by atoms with Gasteiger partial charge in [-0.05, 0) is 6.42 Å². The number of rotatable bonds is 3. The van der Waals surface area contributed by atoms with Crippen LogP contribution in [-0.2, 0) is 22.4 Å². The van der Waals surface area contributed by atoms with Crippen molar-refractivity contribution in [1.29, 1.82) is 0 Å². The topological polar surface area (TPSA) is 34.6 Å². The summed E-state index contributed by atoms with van der Waals surface area (Å²) >= 11 is 1.76. The van der Waals surface area contributed by atoms with Crippen LogP contribution in [0.15, 0.2) is 5.38 Å². The van der Waals surface area contributed by atoms with E-state index >= 15 is 0 Å². The molecule has 2 saturated heterocycles. The zero-order chi connectivity index (χ0) is 11.7. The Hall–Kier alpha value is -0.490. The summed E-state index contributed by atoms with van der Waals surface area (Å²) in [6, 6.07) is 0. The fraction of sp³-hybridized carbons (Fsp3) is 0.750. The molecule has 4 nitrogen and oxygen atoms in total. The molecule has 3 rings (SSSR count). The standard InChI is InChI=1S/C12H18N2O2S/c1-2-11-13-10(8-17-11)7-14-4-3-12(9-14)15-5-6-16-12/h8H,2-7,9H2,1H3. The van der Waals surface area contributed by atoms with Crippen LogP contribution >= 0.6 is 11.3 Å². The Kier molecular flexibility index (Phi) is 3.17. The fourth-order valence-electron chi connectivity index (χ4n) is 2.51. The largest absolute Gasteiger partial charge is 0.346 e. The minimum absolute atomic E-state index is 0.302. The van der Waals surface area contributed by atoms with Crippen LogP contribution in [-0.4, -0.2) is 42.0 Å². The molecular formula is C12H18N2O2S. The predicted octanol–water partition coefficient (Wildman–Crippen LogP) is 1.65. The predicted molar refractivity (Wildman–Crippen MR) is 66.0 cm³/mol. The highest BCUT2D eigenvalue weighted by Gasteiger charge is 2.43. The van der Waals surface area contributed by atoms with Gasteiger partial charge in [0.15, 0.2) is 5.79 Å². The van der Waals surface area contributed by atoms with Crippen LogP contribution in [0.1, 0.15) is 24.0 Å². The lowest BCUT2D eigenvalue weighted by Crippen LogP contribution is -2.34. The minimum Gasteiger partial charge on any atom is -0.346 e. The van der Waals surface area contributed by atoms with Gasteiger partial charge in [-0.3, -0.25) is 4.90 Å². The van der Waals surface area contributed by atoms with E-state index in [1.165, 1.54) is 10.7 Å². The average molecular weight is 254 g/mol. The van der Waals surface area contributed by atoms with E-state index in [-0.39, 0.29) is 5.79 Å². The van der Waals surface area contributed by atoms with Gasteiger partial charge in [0.1, 0.15) is 0 Å². The smallest absolute Gasteiger partial charge is 0.182 e. The molecule has 94 valence electrons. The molecule has 2 fully saturated rings. The molecule has 0 aliphatic carbocycles. The van der Waals surface area contributed by atoms with Gasteiger partial charge in [-0.25, -0.2) is 4.98 Å². The second-order valence-corrected chi connectivity index (χ2v) is 5.60. The normalized spacial score (nSPS) is 23.8. The van der Waals surface area contributed by atoms with Gasteiger partial charge in [0.05, 0.1) is 30.5 Å². The van der Waals surface area contributed by atoms with E-state index < -0.39 is 0 Å². The van der Waals surface area contributed by atoms with Gasteiger partial charge in [0.2, 0.25) is 0 Å². The van der Waals surface area contributed by atoms with Crippen molar-refractivity contribution in [3.63, 3.8) is 0 Å². The van der Waals surface area contributed by atoms with Gasteiger partial charge in [-0.2, -0.15) is 0 Å². The highest BCUT2D eigenvalue weighted by molar-refractivity contribution is 7.09. The Balaban J connectivity index is 1.59. The lowest BCUT2D eigenvalue weighted by molar-refractivity contribution is -0.145. The van der Waals surface area contributed by atoms with Gasteiger partial charge < -0.3 is 9.47 Å². The molecule has 5 heteroatoms. The third kappa shape index (κ3) is 2.38. The zero-order valence-corrected chi connectivity index (χ0v) is 11.0. The number of hydrogen-bond acceptors (Lipinski definition) is 5. The molecular weight excluding hydrogens is 236 g/mol. The van der Waals surface area contributed by atoms with Crippen LogP contribution in [0.5, 0.6) is 0 Å². The molecule has 1 aromatic rings. The molecule has 0 amide bonds. The zero-order valence-electron chi connectivity index (χ0n) is 10.1. The highest BCUT2D eigenvalue weighted by Crippen LogP contribution is 2.31. The average Bonchev–Trinajstić information content (AvgIpc) is 3.03. The molecule has 0 N–H and O–H groups in total. The van der Waals surface area contributed by atoms with Crippen LogP contribution < -0.4 is 0 Å². The maximum atomic E-state index is 5.71. The maximum Gasteiger partial charge on any atom is 0.182 e. The van der Waals surface area contributed by atoms with Crippen molar-refractivity contribution in [3.8, 4) is 0 Å². The number of likely N-dealkylation sites (tertiary alicyclic amines) is 1. The Morgan fingerprint density at radius 1 is 1.47 bits per heavy atom. The third-order valence-corrected chi connectivity index (χ3v) is 4.42. The molecule has 0 atom stereocenters. The number of aryl methyl sites for hydroxylation is 1. The van der Waals surface area contributed by atoms with Crippen LogP contribution in [0.25, 0.3) is 0 Å². The van der Waals surface area contributed by atoms with Crippen molar-refractivity contribution < 1.29 is 9.47 Å². The van der Waals surface area contributed by atoms with Gasteiger partial charge >= 0.3 is 0 Å². The lowest BCUT2D eigenvalue weighted by atomic mass is 10.2. The highest BCUT2D eigenvalue weighted by atomic mass is 32.1. The Bertz CT molecular complexity index is 388. The first-order valence-electron chi connectivity index (χ1n) is 6.23. The van der Waals surface area contributed by atoms with Crippen LogP contribution in [0.3, 0.4) is 0 Å². The van der Waals surface area contributed by atoms with E-state index in [9.17, 15) is 0 Å². The summed E-state index contributed by atoms with van der Waals surface area (Å²) in [7, 11) is 0. The fourth-order valence-corrected chi connectivity index (χ4v) is 3.24. The molecule has 1 spiro atoms. The molecule has 17 heavy (non-hydrogen) atoms. The molecule has 0 radical (unpaired) electrons. The summed E-state index contributed by atoms with van der Waals surface area (Å²) in [5.41, 5.74) is 1.18. The maximum absolute atomic E-state index is 5.71. The van der Waals surface area contributed by atoms with Crippen LogP contribution in [0.4, 0.5) is 0 Å². The summed E-state index contributed by atoms with van der Waals surface area (Å²) in [6.07, 6.45) is 2.01. The molecule has 0 aromatic carbocycles. The Labute approximate surface area is 106 Å². The number of thiazole rings is 1. The lowest BCUT2D eigenvalue weighted by Gasteiger charge is -2.21. The quantitative estimate of drug-likeness (QED) is 0.821. The van der Waals surface area contributed by atoms with Crippen molar-refractivity contribution in [2.45, 2.75) is 32.1 Å². The molecule has 1 aromatic heterocycles. The number of ether oxygens (including phenoxy) is 2. The summed E-state index contributed by atoms with van der Waals surface area (Å²) in [5, 5.41) is 3.39. The number of nitrogens with zero attached hydrogens (tertiary/aromatic N) is 2. The summed E-state index contributed by atoms with van der Waals surface area (Å²) in [5.74, 6) is -0.302. The monoisotopic (exact) mass is 254 g/mol.